The third kappa shape index (κ3) is 6.53. The summed E-state index contributed by atoms with van der Waals surface area (Å²) < 4.78 is 28.7. The molecule has 0 heterocycles. The molecule has 0 bridgehead atoms. The second-order valence-electron chi connectivity index (χ2n) is 6.38. The maximum absolute atomic E-state index is 12.4. The maximum atomic E-state index is 12.4. The summed E-state index contributed by atoms with van der Waals surface area (Å²) in [4.78, 5) is 26.8. The second-order valence-corrected chi connectivity index (χ2v) is 6.38. The molecule has 0 aliphatic rings. The number of halogens is 2. The van der Waals surface area contributed by atoms with Gasteiger partial charge in [0.05, 0.1) is 0 Å². The standard InChI is InChI=1S/C20H23F2N3O3/c1-14(26)24(2)13-16-5-4-6-17(11-16)23-20(27)25(3)12-15-7-9-18(10-8-15)28-19(21)22/h4-11,19H,12-13H2,1-3H3,(H,23,27). The minimum atomic E-state index is -2.87. The summed E-state index contributed by atoms with van der Waals surface area (Å²) in [6, 6.07) is 13.1. The van der Waals surface area contributed by atoms with E-state index in [1.165, 1.54) is 24.0 Å². The van der Waals surface area contributed by atoms with Crippen molar-refractivity contribution in [3.05, 3.63) is 59.7 Å². The number of rotatable bonds is 7. The fraction of sp³-hybridized carbons (Fsp3) is 0.300. The minimum Gasteiger partial charge on any atom is -0.435 e. The Labute approximate surface area is 162 Å². The average Bonchev–Trinajstić information content (AvgIpc) is 2.63. The van der Waals surface area contributed by atoms with Gasteiger partial charge in [-0.15, -0.1) is 0 Å². The first-order chi connectivity index (χ1) is 13.2. The van der Waals surface area contributed by atoms with Gasteiger partial charge >= 0.3 is 12.6 Å². The number of amides is 3. The number of nitrogens with zero attached hydrogens (tertiary/aromatic N) is 2. The monoisotopic (exact) mass is 391 g/mol. The first-order valence-corrected chi connectivity index (χ1v) is 8.61. The molecule has 0 unspecified atom stereocenters. The third-order valence-corrected chi connectivity index (χ3v) is 4.05. The molecule has 2 aromatic rings. The molecule has 2 aromatic carbocycles. The second kappa shape index (κ2) is 9.68. The Hall–Kier alpha value is -3.16. The molecule has 8 heteroatoms. The van der Waals surface area contributed by atoms with Crippen LogP contribution in [-0.4, -0.2) is 42.4 Å². The number of carbonyl (C=O) groups is 2. The highest BCUT2D eigenvalue weighted by molar-refractivity contribution is 5.89. The third-order valence-electron chi connectivity index (χ3n) is 4.05. The van der Waals surface area contributed by atoms with E-state index < -0.39 is 6.61 Å². The van der Waals surface area contributed by atoms with Crippen LogP contribution in [0, 0.1) is 0 Å². The van der Waals surface area contributed by atoms with Crippen molar-refractivity contribution in [3.8, 4) is 5.75 Å². The summed E-state index contributed by atoms with van der Waals surface area (Å²) >= 11 is 0. The number of urea groups is 1. The molecule has 6 nitrogen and oxygen atoms in total. The quantitative estimate of drug-likeness (QED) is 0.778. The molecule has 0 saturated carbocycles. The Balaban J connectivity index is 1.94. The number of nitrogens with one attached hydrogen (secondary N) is 1. The summed E-state index contributed by atoms with van der Waals surface area (Å²) in [6.07, 6.45) is 0. The summed E-state index contributed by atoms with van der Waals surface area (Å²) in [5.74, 6) is 0.0253. The summed E-state index contributed by atoms with van der Waals surface area (Å²) in [6.45, 7) is -0.632. The van der Waals surface area contributed by atoms with Gasteiger partial charge in [0, 0.05) is 39.8 Å². The molecular weight excluding hydrogens is 368 g/mol. The van der Waals surface area contributed by atoms with Crippen LogP contribution in [0.4, 0.5) is 19.3 Å². The predicted octanol–water partition coefficient (Wildman–Crippen LogP) is 3.93. The molecule has 0 fully saturated rings. The lowest BCUT2D eigenvalue weighted by atomic mass is 10.2. The number of hydrogen-bond acceptors (Lipinski definition) is 3. The first kappa shape index (κ1) is 21.1. The van der Waals surface area contributed by atoms with Crippen molar-refractivity contribution in [1.29, 1.82) is 0 Å². The summed E-state index contributed by atoms with van der Waals surface area (Å²) in [5, 5.41) is 2.80. The highest BCUT2D eigenvalue weighted by atomic mass is 19.3. The molecule has 1 N–H and O–H groups in total. The first-order valence-electron chi connectivity index (χ1n) is 8.61. The van der Waals surface area contributed by atoms with Gasteiger partial charge in [-0.2, -0.15) is 8.78 Å². The van der Waals surface area contributed by atoms with Crippen LogP contribution in [0.1, 0.15) is 18.1 Å². The predicted molar refractivity (Wildman–Crippen MR) is 102 cm³/mol. The van der Waals surface area contributed by atoms with Gasteiger partial charge in [-0.1, -0.05) is 24.3 Å². The van der Waals surface area contributed by atoms with E-state index in [1.807, 2.05) is 12.1 Å². The van der Waals surface area contributed by atoms with Crippen LogP contribution in [0.5, 0.6) is 5.75 Å². The largest absolute Gasteiger partial charge is 0.435 e. The van der Waals surface area contributed by atoms with Gasteiger partial charge in [0.2, 0.25) is 5.91 Å². The topological polar surface area (TPSA) is 61.9 Å². The van der Waals surface area contributed by atoms with Crippen molar-refractivity contribution in [2.45, 2.75) is 26.6 Å². The van der Waals surface area contributed by atoms with Crippen LogP contribution < -0.4 is 10.1 Å². The van der Waals surface area contributed by atoms with Crippen LogP contribution in [0.15, 0.2) is 48.5 Å². The molecule has 3 amide bonds. The van der Waals surface area contributed by atoms with Gasteiger partial charge < -0.3 is 19.9 Å². The van der Waals surface area contributed by atoms with Gasteiger partial charge in [-0.25, -0.2) is 4.79 Å². The highest BCUT2D eigenvalue weighted by Gasteiger charge is 2.11. The molecule has 0 radical (unpaired) electrons. The normalized spacial score (nSPS) is 10.5. The van der Waals surface area contributed by atoms with E-state index in [4.69, 9.17) is 0 Å². The molecule has 150 valence electrons. The average molecular weight is 391 g/mol. The SMILES string of the molecule is CC(=O)N(C)Cc1cccc(NC(=O)N(C)Cc2ccc(OC(F)F)cc2)c1. The van der Waals surface area contributed by atoms with Gasteiger partial charge in [0.1, 0.15) is 5.75 Å². The van der Waals surface area contributed by atoms with Crippen molar-refractivity contribution in [2.75, 3.05) is 19.4 Å². The lowest BCUT2D eigenvalue weighted by Gasteiger charge is -2.19. The van der Waals surface area contributed by atoms with E-state index in [1.54, 1.807) is 43.3 Å². The lowest BCUT2D eigenvalue weighted by molar-refractivity contribution is -0.128. The number of hydrogen-bond donors (Lipinski definition) is 1. The van der Waals surface area contributed by atoms with Crippen LogP contribution in [0.25, 0.3) is 0 Å². The molecule has 0 saturated heterocycles. The summed E-state index contributed by atoms with van der Waals surface area (Å²) in [5.41, 5.74) is 2.29. The Bertz CT molecular complexity index is 813. The summed E-state index contributed by atoms with van der Waals surface area (Å²) in [7, 11) is 3.34. The van der Waals surface area contributed by atoms with Crippen LogP contribution in [0.3, 0.4) is 0 Å². The van der Waals surface area contributed by atoms with Gasteiger partial charge in [-0.3, -0.25) is 4.79 Å². The molecule has 0 aliphatic carbocycles. The Morgan fingerprint density at radius 3 is 2.25 bits per heavy atom. The van der Waals surface area contributed by atoms with Crippen LogP contribution in [-0.2, 0) is 17.9 Å². The smallest absolute Gasteiger partial charge is 0.387 e. The van der Waals surface area contributed by atoms with E-state index in [9.17, 15) is 18.4 Å². The Morgan fingerprint density at radius 1 is 1.00 bits per heavy atom. The number of ether oxygens (including phenoxy) is 1. The van der Waals surface area contributed by atoms with E-state index >= 15 is 0 Å². The molecular formula is C20H23F2N3O3. The zero-order valence-electron chi connectivity index (χ0n) is 16.0. The molecule has 0 aliphatic heterocycles. The van der Waals surface area contributed by atoms with Crippen molar-refractivity contribution in [2.24, 2.45) is 0 Å². The van der Waals surface area contributed by atoms with E-state index in [0.717, 1.165) is 11.1 Å². The van der Waals surface area contributed by atoms with Crippen molar-refractivity contribution >= 4 is 17.6 Å². The van der Waals surface area contributed by atoms with E-state index in [0.29, 0.717) is 18.8 Å². The number of benzene rings is 2. The van der Waals surface area contributed by atoms with Crippen molar-refractivity contribution < 1.29 is 23.1 Å². The van der Waals surface area contributed by atoms with Gasteiger partial charge in [0.25, 0.3) is 0 Å². The lowest BCUT2D eigenvalue weighted by Crippen LogP contribution is -2.30. The molecule has 28 heavy (non-hydrogen) atoms. The fourth-order valence-corrected chi connectivity index (χ4v) is 2.47. The van der Waals surface area contributed by atoms with Crippen LogP contribution in [0.2, 0.25) is 0 Å². The van der Waals surface area contributed by atoms with Gasteiger partial charge in [0.15, 0.2) is 0 Å². The Kier molecular flexibility index (Phi) is 7.31. The van der Waals surface area contributed by atoms with Gasteiger partial charge in [-0.05, 0) is 35.4 Å². The minimum absolute atomic E-state index is 0.0425. The molecule has 0 spiro atoms. The molecule has 0 aromatic heterocycles. The highest BCUT2D eigenvalue weighted by Crippen LogP contribution is 2.17. The van der Waals surface area contributed by atoms with E-state index in [-0.39, 0.29) is 17.7 Å². The van der Waals surface area contributed by atoms with E-state index in [2.05, 4.69) is 10.1 Å². The van der Waals surface area contributed by atoms with Crippen molar-refractivity contribution in [1.82, 2.24) is 9.80 Å². The Morgan fingerprint density at radius 2 is 1.64 bits per heavy atom. The maximum Gasteiger partial charge on any atom is 0.387 e. The number of anilines is 1. The fourth-order valence-electron chi connectivity index (χ4n) is 2.47. The molecule has 0 atom stereocenters. The van der Waals surface area contributed by atoms with Crippen molar-refractivity contribution in [3.63, 3.8) is 0 Å². The zero-order valence-corrected chi connectivity index (χ0v) is 16.0. The van der Waals surface area contributed by atoms with Crippen LogP contribution >= 0.6 is 0 Å². The zero-order chi connectivity index (χ0) is 20.7. The molecule has 2 rings (SSSR count). The number of alkyl halides is 2. The number of carbonyl (C=O) groups excluding carboxylic acids is 2.